The molecule has 1 unspecified atom stereocenters. The molecule has 1 heterocycles. The minimum absolute atomic E-state index is 0.0763. The van der Waals surface area contributed by atoms with E-state index in [4.69, 9.17) is 14.4 Å². The SMILES string of the molecule is [2H]N1c2ccccc2N=C(Cl)C1([2H])c1ccccc1. The summed E-state index contributed by atoms with van der Waals surface area (Å²) in [6, 6.07) is 14.8. The lowest BCUT2D eigenvalue weighted by Crippen LogP contribution is -2.19. The highest BCUT2D eigenvalue weighted by Crippen LogP contribution is 2.35. The number of aliphatic imine (C=N–C) groups is 1. The van der Waals surface area contributed by atoms with Gasteiger partial charge in [0.1, 0.15) is 11.2 Å². The normalized spacial score (nSPS) is 24.5. The fraction of sp³-hybridized carbons (Fsp3) is 0.0714. The molecule has 0 amide bonds. The third-order valence-electron chi connectivity index (χ3n) is 2.58. The van der Waals surface area contributed by atoms with Crippen molar-refractivity contribution in [3.63, 3.8) is 0 Å². The maximum Gasteiger partial charge on any atom is 0.161 e. The lowest BCUT2D eigenvalue weighted by atomic mass is 10.1. The summed E-state index contributed by atoms with van der Waals surface area (Å²) in [5, 5.41) is 1.18. The number of anilines is 1. The van der Waals surface area contributed by atoms with E-state index in [0.717, 1.165) is 5.31 Å². The van der Waals surface area contributed by atoms with Crippen LogP contribution in [0.4, 0.5) is 11.4 Å². The van der Waals surface area contributed by atoms with Gasteiger partial charge in [0.05, 0.1) is 12.7 Å². The molecule has 1 aliphatic heterocycles. The molecule has 84 valence electrons. The van der Waals surface area contributed by atoms with Crippen molar-refractivity contribution in [1.82, 2.24) is 0 Å². The Kier molecular flexibility index (Phi) is 2.07. The van der Waals surface area contributed by atoms with Crippen molar-refractivity contribution in [2.75, 3.05) is 5.31 Å². The van der Waals surface area contributed by atoms with Crippen LogP contribution in [0.2, 0.25) is 1.41 Å². The zero-order valence-corrected chi connectivity index (χ0v) is 9.72. The molecule has 0 bridgehead atoms. The zero-order chi connectivity index (χ0) is 13.5. The van der Waals surface area contributed by atoms with E-state index in [9.17, 15) is 0 Å². The van der Waals surface area contributed by atoms with Crippen LogP contribution in [-0.2, 0) is 0 Å². The van der Waals surface area contributed by atoms with E-state index in [1.54, 1.807) is 24.3 Å². The number of nitrogens with one attached hydrogen (secondary N) is 1. The predicted molar refractivity (Wildman–Crippen MR) is 72.2 cm³/mol. The van der Waals surface area contributed by atoms with E-state index in [1.165, 1.54) is 0 Å². The van der Waals surface area contributed by atoms with Gasteiger partial charge in [-0.05, 0) is 17.7 Å². The first-order chi connectivity index (χ1) is 9.14. The van der Waals surface area contributed by atoms with Crippen LogP contribution in [0.3, 0.4) is 0 Å². The molecular weight excluding hydrogens is 232 g/mol. The molecule has 3 rings (SSSR count). The second-order valence-electron chi connectivity index (χ2n) is 3.72. The Morgan fingerprint density at radius 3 is 2.65 bits per heavy atom. The number of halogens is 1. The van der Waals surface area contributed by atoms with Crippen molar-refractivity contribution < 1.29 is 2.78 Å². The van der Waals surface area contributed by atoms with E-state index < -0.39 is 6.02 Å². The Hall–Kier alpha value is -1.80. The zero-order valence-electron chi connectivity index (χ0n) is 11.0. The van der Waals surface area contributed by atoms with Crippen molar-refractivity contribution in [1.29, 1.82) is 0 Å². The van der Waals surface area contributed by atoms with E-state index in [1.807, 2.05) is 30.3 Å². The summed E-state index contributed by atoms with van der Waals surface area (Å²) in [5.74, 6) is 0. The molecule has 1 aliphatic rings. The first kappa shape index (κ1) is 8.31. The molecule has 0 saturated heterocycles. The number of hydrogen-bond donors (Lipinski definition) is 1. The molecule has 1 N–H and O–H groups in total. The van der Waals surface area contributed by atoms with Gasteiger partial charge in [-0.2, -0.15) is 0 Å². The Balaban J connectivity index is 2.20. The molecule has 1 atom stereocenters. The lowest BCUT2D eigenvalue weighted by molar-refractivity contribution is 1.03. The van der Waals surface area contributed by atoms with Gasteiger partial charge in [-0.25, -0.2) is 4.99 Å². The first-order valence-electron chi connectivity index (χ1n) is 6.27. The molecule has 0 spiro atoms. The van der Waals surface area contributed by atoms with E-state index in [-0.39, 0.29) is 5.17 Å². The summed E-state index contributed by atoms with van der Waals surface area (Å²) in [5.41, 5.74) is 1.81. The van der Waals surface area contributed by atoms with Crippen LogP contribution in [0.1, 0.15) is 13.0 Å². The van der Waals surface area contributed by atoms with Crippen LogP contribution < -0.4 is 5.31 Å². The molecule has 3 heteroatoms. The first-order valence-corrected chi connectivity index (χ1v) is 5.70. The Morgan fingerprint density at radius 1 is 1.12 bits per heavy atom. The van der Waals surface area contributed by atoms with Gasteiger partial charge in [0.15, 0.2) is 1.41 Å². The molecule has 2 aromatic carbocycles. The van der Waals surface area contributed by atoms with E-state index in [2.05, 4.69) is 4.99 Å². The molecule has 0 saturated carbocycles. The van der Waals surface area contributed by atoms with Crippen LogP contribution in [-0.4, -0.2) is 5.17 Å². The predicted octanol–water partition coefficient (Wildman–Crippen LogP) is 4.12. The highest BCUT2D eigenvalue weighted by atomic mass is 35.5. The molecule has 0 radical (unpaired) electrons. The smallest absolute Gasteiger partial charge is 0.161 e. The molecule has 2 nitrogen and oxygen atoms in total. The van der Waals surface area contributed by atoms with Gasteiger partial charge in [-0.15, -0.1) is 0 Å². The van der Waals surface area contributed by atoms with Crippen LogP contribution in [0.5, 0.6) is 0 Å². The van der Waals surface area contributed by atoms with Crippen LogP contribution >= 0.6 is 11.6 Å². The largest absolute Gasteiger partial charge is 0.370 e. The van der Waals surface area contributed by atoms with Crippen molar-refractivity contribution in [3.8, 4) is 0 Å². The molecule has 0 aromatic heterocycles. The molecule has 0 fully saturated rings. The van der Waals surface area contributed by atoms with E-state index in [0.29, 0.717) is 16.9 Å². The number of hydrogen-bond acceptors (Lipinski definition) is 2. The summed E-state index contributed by atoms with van der Waals surface area (Å²) in [6.07, 6.45) is 0. The third kappa shape index (κ3) is 1.92. The standard InChI is InChI=1S/C14H11ClN2/c15-14-13(10-6-2-1-3-7-10)16-11-8-4-5-9-12(11)17-14/h1-9,13,16H/i13D/hD. The molecule has 17 heavy (non-hydrogen) atoms. The maximum atomic E-state index is 8.58. The number of fused-ring (bicyclic) bond motifs is 1. The van der Waals surface area contributed by atoms with Gasteiger partial charge in [0, 0.05) is 0 Å². The van der Waals surface area contributed by atoms with Crippen molar-refractivity contribution in [2.45, 2.75) is 6.02 Å². The summed E-state index contributed by atoms with van der Waals surface area (Å²) in [6.45, 7) is 0. The van der Waals surface area contributed by atoms with Gasteiger partial charge >= 0.3 is 0 Å². The molecule has 2 aromatic rings. The fourth-order valence-corrected chi connectivity index (χ4v) is 2.00. The summed E-state index contributed by atoms with van der Waals surface area (Å²) < 4.78 is 16.8. The lowest BCUT2D eigenvalue weighted by Gasteiger charge is -2.24. The number of nitrogens with zero attached hydrogens (tertiary/aromatic N) is 1. The van der Waals surface area contributed by atoms with Crippen LogP contribution in [0.15, 0.2) is 59.6 Å². The number of rotatable bonds is 1. The van der Waals surface area contributed by atoms with Crippen molar-refractivity contribution in [2.24, 2.45) is 4.99 Å². The second-order valence-corrected chi connectivity index (χ2v) is 4.08. The van der Waals surface area contributed by atoms with Gasteiger partial charge in [-0.1, -0.05) is 54.1 Å². The Labute approximate surface area is 108 Å². The summed E-state index contributed by atoms with van der Waals surface area (Å²) >= 11 is 6.18. The number of benzene rings is 2. The summed E-state index contributed by atoms with van der Waals surface area (Å²) in [7, 11) is 0. The molecular formula is C14H11ClN2. The Morgan fingerprint density at radius 2 is 1.82 bits per heavy atom. The van der Waals surface area contributed by atoms with Crippen molar-refractivity contribution >= 4 is 28.1 Å². The van der Waals surface area contributed by atoms with Crippen LogP contribution in [0, 0.1) is 0 Å². The van der Waals surface area contributed by atoms with Gasteiger partial charge in [0.25, 0.3) is 0 Å². The van der Waals surface area contributed by atoms with Crippen LogP contribution in [0.25, 0.3) is 0 Å². The van der Waals surface area contributed by atoms with E-state index >= 15 is 0 Å². The van der Waals surface area contributed by atoms with Crippen molar-refractivity contribution in [3.05, 3.63) is 60.2 Å². The second kappa shape index (κ2) is 4.22. The minimum Gasteiger partial charge on any atom is -0.370 e. The Bertz CT molecular complexity index is 645. The maximum absolute atomic E-state index is 8.58. The minimum atomic E-state index is -1.50. The third-order valence-corrected chi connectivity index (χ3v) is 2.84. The quantitative estimate of drug-likeness (QED) is 0.802. The highest BCUT2D eigenvalue weighted by molar-refractivity contribution is 6.67. The van der Waals surface area contributed by atoms with Gasteiger partial charge in [0.2, 0.25) is 0 Å². The summed E-state index contributed by atoms with van der Waals surface area (Å²) in [4.78, 5) is 4.26. The topological polar surface area (TPSA) is 24.4 Å². The average Bonchev–Trinajstić information content (AvgIpc) is 2.46. The van der Waals surface area contributed by atoms with Gasteiger partial charge in [-0.3, -0.25) is 0 Å². The van der Waals surface area contributed by atoms with Gasteiger partial charge < -0.3 is 5.31 Å². The highest BCUT2D eigenvalue weighted by Gasteiger charge is 2.21. The molecule has 0 aliphatic carbocycles. The number of para-hydroxylation sites is 2. The average molecular weight is 245 g/mol. The monoisotopic (exact) mass is 244 g/mol. The fourth-order valence-electron chi connectivity index (χ4n) is 1.76.